The first-order valence-corrected chi connectivity index (χ1v) is 8.88. The van der Waals surface area contributed by atoms with E-state index < -0.39 is 5.91 Å². The van der Waals surface area contributed by atoms with Crippen molar-refractivity contribution in [3.8, 4) is 11.4 Å². The number of carbonyl (C=O) groups is 2. The molecule has 1 aliphatic heterocycles. The number of nitrogens with zero attached hydrogens (tertiary/aromatic N) is 4. The lowest BCUT2D eigenvalue weighted by atomic mass is 10.1. The minimum Gasteiger partial charge on any atom is -0.268 e. The average molecular weight is 373 g/mol. The summed E-state index contributed by atoms with van der Waals surface area (Å²) in [6, 6.07) is 13.4. The van der Waals surface area contributed by atoms with Crippen LogP contribution >= 0.6 is 0 Å². The van der Waals surface area contributed by atoms with Gasteiger partial charge >= 0.3 is 0 Å². The van der Waals surface area contributed by atoms with Crippen LogP contribution in [0, 0.1) is 13.8 Å². The Bertz CT molecular complexity index is 1080. The normalized spacial score (nSPS) is 13.2. The van der Waals surface area contributed by atoms with Crippen LogP contribution in [0.15, 0.2) is 54.9 Å². The van der Waals surface area contributed by atoms with E-state index in [-0.39, 0.29) is 5.91 Å². The summed E-state index contributed by atoms with van der Waals surface area (Å²) in [5, 5.41) is 5.68. The summed E-state index contributed by atoms with van der Waals surface area (Å²) in [7, 11) is 0. The van der Waals surface area contributed by atoms with E-state index in [1.54, 1.807) is 12.1 Å². The number of aromatic nitrogens is 3. The van der Waals surface area contributed by atoms with Crippen LogP contribution < -0.4 is 5.43 Å². The molecule has 3 aromatic rings. The quantitative estimate of drug-likeness (QED) is 0.713. The van der Waals surface area contributed by atoms with Gasteiger partial charge in [0.25, 0.3) is 11.8 Å². The summed E-state index contributed by atoms with van der Waals surface area (Å²) in [5.74, 6) is -0.0400. The first-order chi connectivity index (χ1) is 13.5. The minimum absolute atomic E-state index is 0.213. The highest BCUT2D eigenvalue weighted by Crippen LogP contribution is 2.20. The van der Waals surface area contributed by atoms with Crippen LogP contribution in [-0.4, -0.2) is 31.6 Å². The summed E-state index contributed by atoms with van der Waals surface area (Å²) in [6.45, 7) is 4.40. The molecule has 2 heterocycles. The van der Waals surface area contributed by atoms with Crippen molar-refractivity contribution in [1.82, 2.24) is 25.2 Å². The van der Waals surface area contributed by atoms with Gasteiger partial charge in [-0.15, -0.1) is 5.10 Å². The molecular weight excluding hydrogens is 354 g/mol. The number of hydrogen-bond donors (Lipinski definition) is 1. The zero-order chi connectivity index (χ0) is 19.7. The van der Waals surface area contributed by atoms with Crippen LogP contribution in [0.3, 0.4) is 0 Å². The molecule has 1 N–H and O–H groups in total. The molecule has 0 aliphatic carbocycles. The largest absolute Gasteiger partial charge is 0.272 e. The average Bonchev–Trinajstić information content (AvgIpc) is 3.25. The van der Waals surface area contributed by atoms with Gasteiger partial charge in [0.15, 0.2) is 5.82 Å². The molecule has 2 aromatic carbocycles. The van der Waals surface area contributed by atoms with E-state index >= 15 is 0 Å². The molecule has 0 unspecified atom stereocenters. The number of aryl methyl sites for hydroxylation is 2. The highest BCUT2D eigenvalue weighted by Gasteiger charge is 2.27. The van der Waals surface area contributed by atoms with Gasteiger partial charge in [-0.2, -0.15) is 0 Å². The summed E-state index contributed by atoms with van der Waals surface area (Å²) < 4.78 is 1.47. The van der Waals surface area contributed by atoms with E-state index in [1.807, 2.05) is 38.1 Å². The van der Waals surface area contributed by atoms with E-state index in [1.165, 1.54) is 28.3 Å². The minimum atomic E-state index is -0.412. The lowest BCUT2D eigenvalue weighted by Crippen LogP contribution is -2.41. The van der Waals surface area contributed by atoms with Crippen molar-refractivity contribution in [2.45, 2.75) is 20.4 Å². The van der Waals surface area contributed by atoms with Crippen molar-refractivity contribution in [2.24, 2.45) is 0 Å². The topological polar surface area (TPSA) is 80.1 Å². The van der Waals surface area contributed by atoms with Gasteiger partial charge in [-0.1, -0.05) is 35.4 Å². The van der Waals surface area contributed by atoms with Crippen LogP contribution in [0.2, 0.25) is 0 Å². The predicted octanol–water partition coefficient (Wildman–Crippen LogP) is 2.72. The van der Waals surface area contributed by atoms with Gasteiger partial charge in [-0.25, -0.2) is 14.7 Å². The molecule has 0 fully saturated rings. The molecule has 0 saturated carbocycles. The Balaban J connectivity index is 1.42. The highest BCUT2D eigenvalue weighted by molar-refractivity contribution is 6.00. The number of hydrazine groups is 1. The van der Waals surface area contributed by atoms with Crippen LogP contribution in [0.4, 0.5) is 0 Å². The Morgan fingerprint density at radius 3 is 2.64 bits per heavy atom. The van der Waals surface area contributed by atoms with E-state index in [0.29, 0.717) is 17.9 Å². The van der Waals surface area contributed by atoms with Gasteiger partial charge in [0.05, 0.1) is 6.54 Å². The van der Waals surface area contributed by atoms with E-state index in [2.05, 4.69) is 21.6 Å². The van der Waals surface area contributed by atoms with E-state index in [0.717, 1.165) is 22.3 Å². The lowest BCUT2D eigenvalue weighted by Gasteiger charge is -2.15. The Morgan fingerprint density at radius 2 is 1.89 bits per heavy atom. The number of rotatable bonds is 4. The number of hydrogen-bond acceptors (Lipinski definition) is 4. The van der Waals surface area contributed by atoms with Crippen LogP contribution in [0.5, 0.6) is 0 Å². The molecule has 0 saturated heterocycles. The first-order valence-electron chi connectivity index (χ1n) is 8.88. The molecule has 0 bridgehead atoms. The maximum atomic E-state index is 12.3. The molecule has 28 heavy (non-hydrogen) atoms. The second-order valence-corrected chi connectivity index (χ2v) is 6.76. The highest BCUT2D eigenvalue weighted by atomic mass is 16.2. The molecular formula is C21H19N5O2. The zero-order valence-corrected chi connectivity index (χ0v) is 15.6. The molecule has 140 valence electrons. The van der Waals surface area contributed by atoms with E-state index in [4.69, 9.17) is 0 Å². The third kappa shape index (κ3) is 3.55. The molecule has 7 nitrogen and oxygen atoms in total. The maximum Gasteiger partial charge on any atom is 0.272 e. The summed E-state index contributed by atoms with van der Waals surface area (Å²) in [5.41, 5.74) is 7.30. The van der Waals surface area contributed by atoms with Crippen molar-refractivity contribution in [3.05, 3.63) is 77.1 Å². The number of fused-ring (bicyclic) bond motifs is 1. The molecule has 7 heteroatoms. The number of nitrogens with one attached hydrogen (secondary N) is 1. The Morgan fingerprint density at radius 1 is 1.14 bits per heavy atom. The summed E-state index contributed by atoms with van der Waals surface area (Å²) in [4.78, 5) is 28.8. The smallest absolute Gasteiger partial charge is 0.268 e. The fourth-order valence-electron chi connectivity index (χ4n) is 3.24. The molecule has 0 spiro atoms. The lowest BCUT2D eigenvalue weighted by molar-refractivity contribution is -0.120. The van der Waals surface area contributed by atoms with Gasteiger partial charge in [-0.3, -0.25) is 15.0 Å². The van der Waals surface area contributed by atoms with Crippen molar-refractivity contribution >= 4 is 18.0 Å². The third-order valence-electron chi connectivity index (χ3n) is 4.43. The molecule has 1 aromatic heterocycles. The van der Waals surface area contributed by atoms with Gasteiger partial charge in [0.2, 0.25) is 0 Å². The zero-order valence-electron chi connectivity index (χ0n) is 15.6. The van der Waals surface area contributed by atoms with Gasteiger partial charge in [0, 0.05) is 23.4 Å². The van der Waals surface area contributed by atoms with Crippen molar-refractivity contribution in [3.63, 3.8) is 0 Å². The van der Waals surface area contributed by atoms with Crippen LogP contribution in [-0.2, 0) is 11.3 Å². The SMILES string of the molecule is Cc1cc(C)cc(-c2ncn(/C=C\C(=O)NN3Cc4ccccc4C3=O)n2)c1. The molecule has 0 atom stereocenters. The van der Waals surface area contributed by atoms with Gasteiger partial charge in [-0.05, 0) is 37.6 Å². The van der Waals surface area contributed by atoms with Crippen LogP contribution in [0.25, 0.3) is 17.6 Å². The van der Waals surface area contributed by atoms with Gasteiger partial charge in [0.1, 0.15) is 6.33 Å². The first kappa shape index (κ1) is 17.7. The monoisotopic (exact) mass is 373 g/mol. The van der Waals surface area contributed by atoms with Gasteiger partial charge < -0.3 is 0 Å². The Kier molecular flexibility index (Phi) is 4.49. The standard InChI is InChI=1S/C21H19N5O2/c1-14-9-15(2)11-17(10-14)20-22-13-25(24-20)8-7-19(27)23-26-12-16-5-3-4-6-18(16)21(26)28/h3-11,13H,12H2,1-2H3,(H,23,27)/b8-7-. The van der Waals surface area contributed by atoms with E-state index in [9.17, 15) is 9.59 Å². The Hall–Kier alpha value is -3.74. The maximum absolute atomic E-state index is 12.3. The number of benzene rings is 2. The van der Waals surface area contributed by atoms with Crippen LogP contribution in [0.1, 0.15) is 27.0 Å². The molecule has 1 aliphatic rings. The van der Waals surface area contributed by atoms with Crippen molar-refractivity contribution in [1.29, 1.82) is 0 Å². The fourth-order valence-corrected chi connectivity index (χ4v) is 3.24. The summed E-state index contributed by atoms with van der Waals surface area (Å²) in [6.07, 6.45) is 4.35. The Labute approximate surface area is 162 Å². The summed E-state index contributed by atoms with van der Waals surface area (Å²) >= 11 is 0. The predicted molar refractivity (Wildman–Crippen MR) is 105 cm³/mol. The molecule has 4 rings (SSSR count). The van der Waals surface area contributed by atoms with Crippen molar-refractivity contribution < 1.29 is 9.59 Å². The second-order valence-electron chi connectivity index (χ2n) is 6.76. The molecule has 2 amide bonds. The third-order valence-corrected chi connectivity index (χ3v) is 4.43. The van der Waals surface area contributed by atoms with Crippen molar-refractivity contribution in [2.75, 3.05) is 0 Å². The number of amides is 2. The fraction of sp³-hybridized carbons (Fsp3) is 0.143. The molecule has 0 radical (unpaired) electrons. The second kappa shape index (κ2) is 7.11. The number of carbonyl (C=O) groups excluding carboxylic acids is 2.